The van der Waals surface area contributed by atoms with Crippen molar-refractivity contribution in [2.24, 2.45) is 0 Å². The van der Waals surface area contributed by atoms with Crippen molar-refractivity contribution in [3.05, 3.63) is 0 Å². The van der Waals surface area contributed by atoms with Crippen LogP contribution in [-0.2, 0) is 14.2 Å². The predicted molar refractivity (Wildman–Crippen MR) is 65.8 cm³/mol. The van der Waals surface area contributed by atoms with Gasteiger partial charge in [0.25, 0.3) is 0 Å². The lowest BCUT2D eigenvalue weighted by molar-refractivity contribution is -0.351. The van der Waals surface area contributed by atoms with Crippen molar-refractivity contribution in [3.8, 4) is 0 Å². The topological polar surface area (TPSA) is 149 Å². The molecule has 124 valence electrons. The summed E-state index contributed by atoms with van der Waals surface area (Å²) < 4.78 is 15.9. The van der Waals surface area contributed by atoms with E-state index >= 15 is 0 Å². The van der Waals surface area contributed by atoms with Gasteiger partial charge in [0.1, 0.15) is 24.4 Å². The molecule has 2 fully saturated rings. The summed E-state index contributed by atoms with van der Waals surface area (Å²) in [6, 6.07) is 0. The fourth-order valence-corrected chi connectivity index (χ4v) is 2.48. The molecule has 0 radical (unpaired) electrons. The molecular formula is C12H22O9. The van der Waals surface area contributed by atoms with Gasteiger partial charge in [-0.3, -0.25) is 0 Å². The molecule has 0 amide bonds. The van der Waals surface area contributed by atoms with E-state index in [2.05, 4.69) is 0 Å². The van der Waals surface area contributed by atoms with Crippen LogP contribution in [0.25, 0.3) is 0 Å². The summed E-state index contributed by atoms with van der Waals surface area (Å²) in [5.41, 5.74) is 0. The molecule has 2 rings (SSSR count). The Morgan fingerprint density at radius 1 is 0.857 bits per heavy atom. The van der Waals surface area contributed by atoms with E-state index in [-0.39, 0.29) is 19.4 Å². The van der Waals surface area contributed by atoms with E-state index in [4.69, 9.17) is 24.4 Å². The lowest BCUT2D eigenvalue weighted by Gasteiger charge is -2.42. The van der Waals surface area contributed by atoms with Crippen LogP contribution in [0.4, 0.5) is 0 Å². The first kappa shape index (κ1) is 17.0. The molecule has 0 aliphatic carbocycles. The van der Waals surface area contributed by atoms with Crippen LogP contribution in [0.1, 0.15) is 12.8 Å². The van der Waals surface area contributed by atoms with Crippen molar-refractivity contribution >= 4 is 0 Å². The van der Waals surface area contributed by atoms with E-state index in [1.165, 1.54) is 0 Å². The Morgan fingerprint density at radius 2 is 1.57 bits per heavy atom. The molecule has 9 heteroatoms. The van der Waals surface area contributed by atoms with E-state index < -0.39 is 55.8 Å². The zero-order chi connectivity index (χ0) is 15.6. The third-order valence-electron chi connectivity index (χ3n) is 3.68. The number of ether oxygens (including phenoxy) is 3. The van der Waals surface area contributed by atoms with Crippen LogP contribution in [0.15, 0.2) is 0 Å². The van der Waals surface area contributed by atoms with Gasteiger partial charge in [-0.1, -0.05) is 0 Å². The Labute approximate surface area is 121 Å². The summed E-state index contributed by atoms with van der Waals surface area (Å²) in [6.07, 6.45) is -8.81. The van der Waals surface area contributed by atoms with Crippen LogP contribution in [0.3, 0.4) is 0 Å². The minimum absolute atomic E-state index is 0.117. The maximum absolute atomic E-state index is 9.83. The second-order valence-corrected chi connectivity index (χ2v) is 5.33. The van der Waals surface area contributed by atoms with E-state index in [1.807, 2.05) is 0 Å². The van der Waals surface area contributed by atoms with Gasteiger partial charge in [0.05, 0.1) is 25.4 Å². The molecule has 2 heterocycles. The average molecular weight is 310 g/mol. The standard InChI is InChI=1S/C12H22O9/c13-3-6-1-5(15)2-8(19-6)21-12-11(18)10(17)9(16)7(4-14)20-12/h5-18H,1-4H2. The Kier molecular flexibility index (Phi) is 5.88. The first-order chi connectivity index (χ1) is 9.96. The maximum atomic E-state index is 9.83. The first-order valence-corrected chi connectivity index (χ1v) is 6.86. The Bertz CT molecular complexity index is 326. The SMILES string of the molecule is OCC1CC(O)CC(OC2OC(CO)C(O)C(O)C2O)O1. The molecule has 8 atom stereocenters. The highest BCUT2D eigenvalue weighted by molar-refractivity contribution is 4.89. The van der Waals surface area contributed by atoms with E-state index in [0.29, 0.717) is 0 Å². The van der Waals surface area contributed by atoms with Gasteiger partial charge in [-0.2, -0.15) is 0 Å². The molecule has 2 saturated heterocycles. The van der Waals surface area contributed by atoms with Crippen LogP contribution in [-0.4, -0.2) is 93.1 Å². The fraction of sp³-hybridized carbons (Fsp3) is 1.00. The second kappa shape index (κ2) is 7.27. The molecule has 0 bridgehead atoms. The van der Waals surface area contributed by atoms with Gasteiger partial charge in [0, 0.05) is 12.8 Å². The van der Waals surface area contributed by atoms with Crippen LogP contribution < -0.4 is 0 Å². The number of rotatable bonds is 4. The molecule has 2 aliphatic rings. The smallest absolute Gasteiger partial charge is 0.189 e. The Morgan fingerprint density at radius 3 is 2.19 bits per heavy atom. The summed E-state index contributed by atoms with van der Waals surface area (Å²) >= 11 is 0. The Balaban J connectivity index is 1.97. The lowest BCUT2D eigenvalue weighted by atomic mass is 9.99. The summed E-state index contributed by atoms with van der Waals surface area (Å²) in [5.74, 6) is 0. The minimum atomic E-state index is -1.54. The average Bonchev–Trinajstić information content (AvgIpc) is 2.47. The molecule has 0 spiro atoms. The van der Waals surface area contributed by atoms with E-state index in [9.17, 15) is 20.4 Å². The largest absolute Gasteiger partial charge is 0.394 e. The number of hydrogen-bond donors (Lipinski definition) is 6. The van der Waals surface area contributed by atoms with Crippen molar-refractivity contribution < 1.29 is 44.8 Å². The third kappa shape index (κ3) is 3.89. The molecule has 0 saturated carbocycles. The molecule has 8 unspecified atom stereocenters. The highest BCUT2D eigenvalue weighted by atomic mass is 16.8. The monoisotopic (exact) mass is 310 g/mol. The van der Waals surface area contributed by atoms with Crippen LogP contribution in [0, 0.1) is 0 Å². The zero-order valence-electron chi connectivity index (χ0n) is 11.4. The predicted octanol–water partition coefficient (Wildman–Crippen LogP) is -3.34. The van der Waals surface area contributed by atoms with Gasteiger partial charge >= 0.3 is 0 Å². The van der Waals surface area contributed by atoms with Crippen molar-refractivity contribution in [3.63, 3.8) is 0 Å². The molecular weight excluding hydrogens is 288 g/mol. The number of aliphatic hydroxyl groups is 6. The molecule has 0 aromatic carbocycles. The first-order valence-electron chi connectivity index (χ1n) is 6.86. The van der Waals surface area contributed by atoms with Gasteiger partial charge in [-0.05, 0) is 0 Å². The van der Waals surface area contributed by atoms with Gasteiger partial charge in [-0.25, -0.2) is 0 Å². The normalized spacial score (nSPS) is 48.3. The summed E-state index contributed by atoms with van der Waals surface area (Å²) in [5, 5.41) is 56.9. The third-order valence-corrected chi connectivity index (χ3v) is 3.68. The molecule has 0 aromatic heterocycles. The Hall–Kier alpha value is -0.360. The quantitative estimate of drug-likeness (QED) is 0.313. The molecule has 6 N–H and O–H groups in total. The van der Waals surface area contributed by atoms with E-state index in [0.717, 1.165) is 0 Å². The summed E-state index contributed by atoms with van der Waals surface area (Å²) in [6.45, 7) is -0.843. The second-order valence-electron chi connectivity index (χ2n) is 5.33. The molecule has 2 aliphatic heterocycles. The van der Waals surface area contributed by atoms with Crippen molar-refractivity contribution in [1.29, 1.82) is 0 Å². The molecule has 21 heavy (non-hydrogen) atoms. The van der Waals surface area contributed by atoms with Crippen molar-refractivity contribution in [1.82, 2.24) is 0 Å². The van der Waals surface area contributed by atoms with Crippen LogP contribution >= 0.6 is 0 Å². The zero-order valence-corrected chi connectivity index (χ0v) is 11.4. The van der Waals surface area contributed by atoms with Gasteiger partial charge in [-0.15, -0.1) is 0 Å². The highest BCUT2D eigenvalue weighted by Gasteiger charge is 2.45. The van der Waals surface area contributed by atoms with E-state index in [1.54, 1.807) is 0 Å². The van der Waals surface area contributed by atoms with Crippen molar-refractivity contribution in [2.45, 2.75) is 62.0 Å². The van der Waals surface area contributed by atoms with Gasteiger partial charge < -0.3 is 44.8 Å². The minimum Gasteiger partial charge on any atom is -0.394 e. The number of aliphatic hydroxyl groups excluding tert-OH is 6. The molecule has 0 aromatic rings. The maximum Gasteiger partial charge on any atom is 0.189 e. The van der Waals surface area contributed by atoms with Gasteiger partial charge in [0.15, 0.2) is 12.6 Å². The lowest BCUT2D eigenvalue weighted by Crippen LogP contribution is -2.60. The van der Waals surface area contributed by atoms with Gasteiger partial charge in [0.2, 0.25) is 0 Å². The number of hydrogen-bond acceptors (Lipinski definition) is 9. The molecule has 9 nitrogen and oxygen atoms in total. The summed E-state index contributed by atoms with van der Waals surface area (Å²) in [7, 11) is 0. The van der Waals surface area contributed by atoms with Crippen LogP contribution in [0.2, 0.25) is 0 Å². The van der Waals surface area contributed by atoms with Crippen molar-refractivity contribution in [2.75, 3.05) is 13.2 Å². The summed E-state index contributed by atoms with van der Waals surface area (Å²) in [4.78, 5) is 0. The fourth-order valence-electron chi connectivity index (χ4n) is 2.48. The van der Waals surface area contributed by atoms with Crippen LogP contribution in [0.5, 0.6) is 0 Å². The highest BCUT2D eigenvalue weighted by Crippen LogP contribution is 2.27.